The predicted octanol–water partition coefficient (Wildman–Crippen LogP) is 4.45. The Morgan fingerprint density at radius 1 is 1.26 bits per heavy atom. The summed E-state index contributed by atoms with van der Waals surface area (Å²) in [6, 6.07) is 0. The van der Waals surface area contributed by atoms with Gasteiger partial charge in [0.2, 0.25) is 0 Å². The van der Waals surface area contributed by atoms with Gasteiger partial charge in [0.05, 0.1) is 23.1 Å². The average Bonchev–Trinajstić information content (AvgIpc) is 2.82. The van der Waals surface area contributed by atoms with Gasteiger partial charge >= 0.3 is 5.97 Å². The van der Waals surface area contributed by atoms with Crippen molar-refractivity contribution in [3.05, 3.63) is 22.5 Å². The Hall–Kier alpha value is -1.23. The van der Waals surface area contributed by atoms with E-state index in [1.165, 1.54) is 32.1 Å². The molecule has 128 valence electrons. The molecule has 1 aliphatic carbocycles. The van der Waals surface area contributed by atoms with Crippen molar-refractivity contribution in [2.24, 2.45) is 0 Å². The van der Waals surface area contributed by atoms with Crippen LogP contribution in [0.25, 0.3) is 0 Å². The average molecular weight is 337 g/mol. The minimum atomic E-state index is -0.356. The molecule has 5 heteroatoms. The van der Waals surface area contributed by atoms with Crippen molar-refractivity contribution < 1.29 is 14.3 Å². The SMILES string of the molecule is CCOC(=O)c1c(C)[nH]c(C(=O)[C@H](C)SC2CCCCC2)c1C. The number of aryl methyl sites for hydroxylation is 1. The smallest absolute Gasteiger partial charge is 0.340 e. The number of nitrogens with one attached hydrogen (secondary N) is 1. The molecule has 4 nitrogen and oxygen atoms in total. The summed E-state index contributed by atoms with van der Waals surface area (Å²) in [6.07, 6.45) is 6.27. The van der Waals surface area contributed by atoms with E-state index in [2.05, 4.69) is 4.98 Å². The zero-order chi connectivity index (χ0) is 17.0. The van der Waals surface area contributed by atoms with Crippen LogP contribution >= 0.6 is 11.8 Å². The van der Waals surface area contributed by atoms with Crippen LogP contribution in [-0.4, -0.2) is 33.8 Å². The van der Waals surface area contributed by atoms with Gasteiger partial charge in [0.25, 0.3) is 0 Å². The summed E-state index contributed by atoms with van der Waals surface area (Å²) in [4.78, 5) is 27.9. The van der Waals surface area contributed by atoms with Gasteiger partial charge in [-0.1, -0.05) is 19.3 Å². The van der Waals surface area contributed by atoms with Crippen molar-refractivity contribution in [3.8, 4) is 0 Å². The number of carbonyl (C=O) groups excluding carboxylic acids is 2. The van der Waals surface area contributed by atoms with Crippen molar-refractivity contribution in [1.29, 1.82) is 0 Å². The fraction of sp³-hybridized carbons (Fsp3) is 0.667. The number of hydrogen-bond donors (Lipinski definition) is 1. The maximum Gasteiger partial charge on any atom is 0.340 e. The van der Waals surface area contributed by atoms with Crippen LogP contribution in [0.1, 0.15) is 78.1 Å². The fourth-order valence-electron chi connectivity index (χ4n) is 3.26. The number of esters is 1. The molecule has 0 radical (unpaired) electrons. The second-order valence-electron chi connectivity index (χ2n) is 6.25. The van der Waals surface area contributed by atoms with Crippen molar-refractivity contribution in [2.45, 2.75) is 70.3 Å². The predicted molar refractivity (Wildman–Crippen MR) is 94.5 cm³/mol. The Balaban J connectivity index is 2.12. The highest BCUT2D eigenvalue weighted by atomic mass is 32.2. The summed E-state index contributed by atoms with van der Waals surface area (Å²) in [6.45, 7) is 7.72. The summed E-state index contributed by atoms with van der Waals surface area (Å²) in [5.74, 6) is -0.276. The molecular weight excluding hydrogens is 310 g/mol. The van der Waals surface area contributed by atoms with Crippen molar-refractivity contribution >= 4 is 23.5 Å². The number of rotatable bonds is 6. The zero-order valence-electron chi connectivity index (χ0n) is 14.5. The molecule has 1 fully saturated rings. The highest BCUT2D eigenvalue weighted by Gasteiger charge is 2.27. The van der Waals surface area contributed by atoms with Crippen LogP contribution in [0.2, 0.25) is 0 Å². The van der Waals surface area contributed by atoms with Gasteiger partial charge in [-0.05, 0) is 46.1 Å². The molecule has 1 atom stereocenters. The van der Waals surface area contributed by atoms with Gasteiger partial charge in [-0.25, -0.2) is 4.79 Å². The number of hydrogen-bond acceptors (Lipinski definition) is 4. The van der Waals surface area contributed by atoms with Gasteiger partial charge in [-0.15, -0.1) is 11.8 Å². The standard InChI is InChI=1S/C18H27NO3S/c1-5-22-18(21)15-11(2)16(19-12(15)3)17(20)13(4)23-14-9-7-6-8-10-14/h13-14,19H,5-10H2,1-4H3/t13-/m0/s1. The largest absolute Gasteiger partial charge is 0.462 e. The lowest BCUT2D eigenvalue weighted by Crippen LogP contribution is -2.20. The van der Waals surface area contributed by atoms with E-state index in [0.29, 0.717) is 34.4 Å². The van der Waals surface area contributed by atoms with Crippen LogP contribution in [-0.2, 0) is 4.74 Å². The summed E-state index contributed by atoms with van der Waals surface area (Å²) < 4.78 is 5.09. The third-order valence-electron chi connectivity index (χ3n) is 4.48. The first-order chi connectivity index (χ1) is 11.0. The van der Waals surface area contributed by atoms with E-state index in [1.807, 2.05) is 20.8 Å². The Labute approximate surface area is 142 Å². The Bertz CT molecular complexity index is 573. The lowest BCUT2D eigenvalue weighted by atomic mass is 10.0. The van der Waals surface area contributed by atoms with Crippen LogP contribution in [0.15, 0.2) is 0 Å². The monoisotopic (exact) mass is 337 g/mol. The lowest BCUT2D eigenvalue weighted by Gasteiger charge is -2.23. The highest BCUT2D eigenvalue weighted by Crippen LogP contribution is 2.33. The Kier molecular flexibility index (Phi) is 6.33. The number of H-pyrrole nitrogens is 1. The Morgan fingerprint density at radius 3 is 2.52 bits per heavy atom. The summed E-state index contributed by atoms with van der Waals surface area (Å²) >= 11 is 1.78. The quantitative estimate of drug-likeness (QED) is 0.615. The van der Waals surface area contributed by atoms with E-state index in [9.17, 15) is 9.59 Å². The van der Waals surface area contributed by atoms with E-state index in [4.69, 9.17) is 4.74 Å². The Morgan fingerprint density at radius 2 is 1.91 bits per heavy atom. The van der Waals surface area contributed by atoms with E-state index >= 15 is 0 Å². The number of ether oxygens (including phenoxy) is 1. The molecule has 2 rings (SSSR count). The highest BCUT2D eigenvalue weighted by molar-refractivity contribution is 8.01. The van der Waals surface area contributed by atoms with Crippen LogP contribution in [0.3, 0.4) is 0 Å². The first-order valence-electron chi connectivity index (χ1n) is 8.51. The van der Waals surface area contributed by atoms with E-state index in [0.717, 1.165) is 0 Å². The van der Waals surface area contributed by atoms with Crippen molar-refractivity contribution in [2.75, 3.05) is 6.61 Å². The number of Topliss-reactive ketones (excluding diaryl/α,β-unsaturated/α-hetero) is 1. The van der Waals surface area contributed by atoms with E-state index < -0.39 is 0 Å². The molecule has 1 aromatic rings. The van der Waals surface area contributed by atoms with Gasteiger partial charge in [-0.3, -0.25) is 4.79 Å². The minimum Gasteiger partial charge on any atom is -0.462 e. The molecule has 0 spiro atoms. The second kappa shape index (κ2) is 8.04. The molecule has 0 amide bonds. The number of aromatic nitrogens is 1. The van der Waals surface area contributed by atoms with Crippen LogP contribution < -0.4 is 0 Å². The molecule has 0 bridgehead atoms. The molecule has 1 saturated carbocycles. The summed E-state index contributed by atoms with van der Waals surface area (Å²) in [5, 5.41) is 0.494. The topological polar surface area (TPSA) is 59.2 Å². The second-order valence-corrected chi connectivity index (χ2v) is 7.89. The maximum absolute atomic E-state index is 12.8. The number of carbonyl (C=O) groups is 2. The van der Waals surface area contributed by atoms with E-state index in [1.54, 1.807) is 18.7 Å². The van der Waals surface area contributed by atoms with Gasteiger partial charge in [0.1, 0.15) is 0 Å². The number of ketones is 1. The van der Waals surface area contributed by atoms with Gasteiger partial charge in [0, 0.05) is 10.9 Å². The molecule has 1 aliphatic rings. The number of aromatic amines is 1. The molecule has 1 heterocycles. The molecule has 23 heavy (non-hydrogen) atoms. The van der Waals surface area contributed by atoms with Gasteiger partial charge in [0.15, 0.2) is 5.78 Å². The molecule has 0 saturated heterocycles. The molecular formula is C18H27NO3S. The number of thioether (sulfide) groups is 1. The van der Waals surface area contributed by atoms with E-state index in [-0.39, 0.29) is 17.0 Å². The zero-order valence-corrected chi connectivity index (χ0v) is 15.3. The minimum absolute atomic E-state index is 0.0803. The lowest BCUT2D eigenvalue weighted by molar-refractivity contribution is 0.0525. The summed E-state index contributed by atoms with van der Waals surface area (Å²) in [7, 11) is 0. The van der Waals surface area contributed by atoms with Crippen LogP contribution in [0.5, 0.6) is 0 Å². The van der Waals surface area contributed by atoms with Crippen molar-refractivity contribution in [3.63, 3.8) is 0 Å². The maximum atomic E-state index is 12.8. The van der Waals surface area contributed by atoms with Gasteiger partial charge < -0.3 is 9.72 Å². The molecule has 0 aromatic carbocycles. The molecule has 1 aromatic heterocycles. The molecule has 1 N–H and O–H groups in total. The van der Waals surface area contributed by atoms with Crippen LogP contribution in [0.4, 0.5) is 0 Å². The normalized spacial score (nSPS) is 17.0. The summed E-state index contributed by atoms with van der Waals surface area (Å²) in [5.41, 5.74) is 2.48. The third-order valence-corrected chi connectivity index (χ3v) is 5.96. The van der Waals surface area contributed by atoms with Crippen LogP contribution in [0, 0.1) is 13.8 Å². The third kappa shape index (κ3) is 4.19. The molecule has 0 aliphatic heterocycles. The fourth-order valence-corrected chi connectivity index (χ4v) is 4.69. The van der Waals surface area contributed by atoms with Gasteiger partial charge in [-0.2, -0.15) is 0 Å². The first-order valence-corrected chi connectivity index (χ1v) is 9.45. The van der Waals surface area contributed by atoms with Crippen molar-refractivity contribution in [1.82, 2.24) is 4.98 Å². The molecule has 0 unspecified atom stereocenters. The first kappa shape index (κ1) is 18.1.